The van der Waals surface area contributed by atoms with E-state index in [1.54, 1.807) is 18.2 Å². The molecule has 0 aliphatic carbocycles. The van der Waals surface area contributed by atoms with Gasteiger partial charge in [-0.15, -0.1) is 0 Å². The van der Waals surface area contributed by atoms with Crippen molar-refractivity contribution < 1.29 is 19.1 Å². The van der Waals surface area contributed by atoms with E-state index in [1.165, 1.54) is 0 Å². The van der Waals surface area contributed by atoms with E-state index in [1.807, 2.05) is 25.1 Å². The molecular weight excluding hydrogens is 388 g/mol. The summed E-state index contributed by atoms with van der Waals surface area (Å²) in [6.07, 6.45) is 0.171. The largest absolute Gasteiger partial charge is 0.454 e. The topological polar surface area (TPSA) is 76.7 Å². The zero-order valence-electron chi connectivity index (χ0n) is 13.6. The molecule has 0 bridgehead atoms. The van der Waals surface area contributed by atoms with E-state index < -0.39 is 0 Å². The fourth-order valence-corrected chi connectivity index (χ4v) is 2.80. The molecule has 0 unspecified atom stereocenters. The average Bonchev–Trinajstić information content (AvgIpc) is 3.06. The van der Waals surface area contributed by atoms with Gasteiger partial charge in [-0.25, -0.2) is 0 Å². The van der Waals surface area contributed by atoms with Crippen molar-refractivity contribution in [3.63, 3.8) is 0 Å². The Kier molecular flexibility index (Phi) is 5.23. The molecule has 0 spiro atoms. The summed E-state index contributed by atoms with van der Waals surface area (Å²) in [5, 5.41) is 5.57. The molecule has 0 aromatic heterocycles. The second-order valence-electron chi connectivity index (χ2n) is 5.55. The van der Waals surface area contributed by atoms with Gasteiger partial charge in [0.15, 0.2) is 11.5 Å². The Morgan fingerprint density at radius 3 is 2.88 bits per heavy atom. The van der Waals surface area contributed by atoms with Crippen molar-refractivity contribution in [3.05, 3.63) is 52.0 Å². The molecule has 1 heterocycles. The van der Waals surface area contributed by atoms with Gasteiger partial charge in [0.05, 0.1) is 5.56 Å². The maximum absolute atomic E-state index is 12.3. The summed E-state index contributed by atoms with van der Waals surface area (Å²) in [6.45, 7) is 2.25. The van der Waals surface area contributed by atoms with Crippen molar-refractivity contribution in [1.29, 1.82) is 0 Å². The lowest BCUT2D eigenvalue weighted by Crippen LogP contribution is -2.28. The summed E-state index contributed by atoms with van der Waals surface area (Å²) in [5.41, 5.74) is 2.12. The second-order valence-corrected chi connectivity index (χ2v) is 6.47. The van der Waals surface area contributed by atoms with Crippen molar-refractivity contribution in [2.24, 2.45) is 0 Å². The van der Waals surface area contributed by atoms with E-state index in [0.717, 1.165) is 15.7 Å². The first-order valence-corrected chi connectivity index (χ1v) is 8.56. The molecule has 25 heavy (non-hydrogen) atoms. The van der Waals surface area contributed by atoms with E-state index in [9.17, 15) is 9.59 Å². The van der Waals surface area contributed by atoms with E-state index >= 15 is 0 Å². The van der Waals surface area contributed by atoms with Crippen LogP contribution in [0.5, 0.6) is 11.5 Å². The quantitative estimate of drug-likeness (QED) is 0.801. The molecule has 0 saturated carbocycles. The maximum Gasteiger partial charge on any atom is 0.255 e. The number of anilines is 1. The van der Waals surface area contributed by atoms with Gasteiger partial charge in [-0.2, -0.15) is 0 Å². The maximum atomic E-state index is 12.3. The van der Waals surface area contributed by atoms with Crippen LogP contribution in [0, 0.1) is 6.92 Å². The zero-order valence-corrected chi connectivity index (χ0v) is 15.2. The van der Waals surface area contributed by atoms with Crippen molar-refractivity contribution in [2.75, 3.05) is 18.7 Å². The monoisotopic (exact) mass is 404 g/mol. The molecule has 2 aromatic rings. The Balaban J connectivity index is 1.53. The summed E-state index contributed by atoms with van der Waals surface area (Å²) in [7, 11) is 0. The first-order valence-electron chi connectivity index (χ1n) is 7.77. The number of amides is 2. The predicted octanol–water partition coefficient (Wildman–Crippen LogP) is 3.24. The van der Waals surface area contributed by atoms with Gasteiger partial charge >= 0.3 is 0 Å². The van der Waals surface area contributed by atoms with Crippen LogP contribution < -0.4 is 20.1 Å². The van der Waals surface area contributed by atoms with Crippen LogP contribution in [0.1, 0.15) is 22.3 Å². The summed E-state index contributed by atoms with van der Waals surface area (Å²) in [5.74, 6) is 0.526. The molecule has 7 heteroatoms. The lowest BCUT2D eigenvalue weighted by Gasteiger charge is -2.10. The van der Waals surface area contributed by atoms with Crippen LogP contribution in [0.2, 0.25) is 0 Å². The SMILES string of the molecule is Cc1ccc(Br)cc1NC(=O)CCNC(=O)c1cccc2c1OCO2. The first kappa shape index (κ1) is 17.3. The fraction of sp³-hybridized carbons (Fsp3) is 0.222. The summed E-state index contributed by atoms with van der Waals surface area (Å²) < 4.78 is 11.5. The molecule has 0 fully saturated rings. The number of carbonyl (C=O) groups is 2. The minimum Gasteiger partial charge on any atom is -0.454 e. The summed E-state index contributed by atoms with van der Waals surface area (Å²) >= 11 is 3.38. The van der Waals surface area contributed by atoms with Crippen LogP contribution in [0.4, 0.5) is 5.69 Å². The van der Waals surface area contributed by atoms with Crippen LogP contribution in [0.3, 0.4) is 0 Å². The zero-order chi connectivity index (χ0) is 17.8. The molecule has 1 aliphatic heterocycles. The number of fused-ring (bicyclic) bond motifs is 1. The Morgan fingerprint density at radius 2 is 2.04 bits per heavy atom. The second kappa shape index (κ2) is 7.57. The van der Waals surface area contributed by atoms with Gasteiger partial charge in [0.1, 0.15) is 0 Å². The standard InChI is InChI=1S/C18H17BrN2O4/c1-11-5-6-12(19)9-14(11)21-16(22)7-8-20-18(23)13-3-2-4-15-17(13)25-10-24-15/h2-6,9H,7-8,10H2,1H3,(H,20,23)(H,21,22). The van der Waals surface area contributed by atoms with Gasteiger partial charge in [0, 0.05) is 23.1 Å². The highest BCUT2D eigenvalue weighted by Gasteiger charge is 2.21. The molecule has 2 N–H and O–H groups in total. The normalized spacial score (nSPS) is 11.9. The lowest BCUT2D eigenvalue weighted by atomic mass is 10.1. The smallest absolute Gasteiger partial charge is 0.255 e. The molecule has 0 atom stereocenters. The Bertz CT molecular complexity index is 823. The molecule has 3 rings (SSSR count). The molecular formula is C18H17BrN2O4. The number of ether oxygens (including phenoxy) is 2. The Morgan fingerprint density at radius 1 is 1.20 bits per heavy atom. The number of halogens is 1. The van der Waals surface area contributed by atoms with Gasteiger partial charge < -0.3 is 20.1 Å². The average molecular weight is 405 g/mol. The number of hydrogen-bond donors (Lipinski definition) is 2. The number of aryl methyl sites for hydroxylation is 1. The van der Waals surface area contributed by atoms with Crippen LogP contribution in [0.15, 0.2) is 40.9 Å². The molecule has 6 nitrogen and oxygen atoms in total. The molecule has 2 aromatic carbocycles. The molecule has 0 saturated heterocycles. The number of benzene rings is 2. The third-order valence-electron chi connectivity index (χ3n) is 3.75. The van der Waals surface area contributed by atoms with E-state index in [4.69, 9.17) is 9.47 Å². The van der Waals surface area contributed by atoms with Crippen LogP contribution in [-0.4, -0.2) is 25.2 Å². The van der Waals surface area contributed by atoms with Crippen molar-refractivity contribution in [1.82, 2.24) is 5.32 Å². The number of rotatable bonds is 5. The third kappa shape index (κ3) is 4.11. The van der Waals surface area contributed by atoms with Gasteiger partial charge in [-0.05, 0) is 36.8 Å². The Labute approximate surface area is 153 Å². The fourth-order valence-electron chi connectivity index (χ4n) is 2.44. The molecule has 130 valence electrons. The number of carbonyl (C=O) groups excluding carboxylic acids is 2. The van der Waals surface area contributed by atoms with Gasteiger partial charge in [-0.1, -0.05) is 28.1 Å². The van der Waals surface area contributed by atoms with Crippen molar-refractivity contribution >= 4 is 33.4 Å². The molecule has 1 aliphatic rings. The molecule has 2 amide bonds. The van der Waals surface area contributed by atoms with E-state index in [2.05, 4.69) is 26.6 Å². The highest BCUT2D eigenvalue weighted by Crippen LogP contribution is 2.35. The minimum atomic E-state index is -0.297. The van der Waals surface area contributed by atoms with Crippen LogP contribution in [0.25, 0.3) is 0 Å². The molecule has 0 radical (unpaired) electrons. The number of para-hydroxylation sites is 1. The number of hydrogen-bond acceptors (Lipinski definition) is 4. The van der Waals surface area contributed by atoms with Gasteiger partial charge in [0.2, 0.25) is 12.7 Å². The van der Waals surface area contributed by atoms with Crippen molar-refractivity contribution in [2.45, 2.75) is 13.3 Å². The lowest BCUT2D eigenvalue weighted by molar-refractivity contribution is -0.116. The van der Waals surface area contributed by atoms with Crippen LogP contribution in [-0.2, 0) is 4.79 Å². The summed E-state index contributed by atoms with van der Waals surface area (Å²) in [4.78, 5) is 24.3. The highest BCUT2D eigenvalue weighted by atomic mass is 79.9. The summed E-state index contributed by atoms with van der Waals surface area (Å²) in [6, 6.07) is 10.8. The first-order chi connectivity index (χ1) is 12.0. The van der Waals surface area contributed by atoms with E-state index in [0.29, 0.717) is 17.1 Å². The van der Waals surface area contributed by atoms with Gasteiger partial charge in [-0.3, -0.25) is 9.59 Å². The third-order valence-corrected chi connectivity index (χ3v) is 4.25. The Hall–Kier alpha value is -2.54. The van der Waals surface area contributed by atoms with E-state index in [-0.39, 0.29) is 31.6 Å². The predicted molar refractivity (Wildman–Crippen MR) is 97.0 cm³/mol. The minimum absolute atomic E-state index is 0.105. The van der Waals surface area contributed by atoms with Crippen LogP contribution >= 0.6 is 15.9 Å². The van der Waals surface area contributed by atoms with Crippen molar-refractivity contribution in [3.8, 4) is 11.5 Å². The van der Waals surface area contributed by atoms with Gasteiger partial charge in [0.25, 0.3) is 5.91 Å². The highest BCUT2D eigenvalue weighted by molar-refractivity contribution is 9.10. The number of nitrogens with one attached hydrogen (secondary N) is 2.